The van der Waals surface area contributed by atoms with Crippen LogP contribution in [0.4, 0.5) is 0 Å². The van der Waals surface area contributed by atoms with Gasteiger partial charge in [-0.1, -0.05) is 13.8 Å². The van der Waals surface area contributed by atoms with Crippen LogP contribution in [0.25, 0.3) is 0 Å². The van der Waals surface area contributed by atoms with E-state index in [-0.39, 0.29) is 10.8 Å². The number of hydrogen-bond acceptors (Lipinski definition) is 8. The zero-order valence-corrected chi connectivity index (χ0v) is 13.6. The Morgan fingerprint density at radius 3 is 1.74 bits per heavy atom. The molecule has 134 valence electrons. The maximum atomic E-state index is 10.6. The van der Waals surface area contributed by atoms with Crippen molar-refractivity contribution in [2.24, 2.45) is 10.8 Å². The van der Waals surface area contributed by atoms with Crippen LogP contribution >= 0.6 is 0 Å². The van der Waals surface area contributed by atoms with Gasteiger partial charge in [-0.3, -0.25) is 9.80 Å². The Morgan fingerprint density at radius 2 is 1.35 bits per heavy atom. The van der Waals surface area contributed by atoms with Crippen molar-refractivity contribution >= 4 is 0 Å². The fourth-order valence-corrected chi connectivity index (χ4v) is 5.01. The Hall–Kier alpha value is -0.320. The second kappa shape index (κ2) is 5.60. The Labute approximate surface area is 135 Å². The van der Waals surface area contributed by atoms with Gasteiger partial charge in [0.25, 0.3) is 0 Å². The van der Waals surface area contributed by atoms with E-state index in [0.717, 1.165) is 0 Å². The number of hydrogen-bond donors (Lipinski definition) is 6. The number of aliphatic hydroxyl groups excluding tert-OH is 6. The standard InChI is InChI=1S/C15H28N2O6/c1-14-4-16-6-15(2,13(14)23)7-17(5-14)12(16)11(22)10(21)9(20)8(19)3-18/h8-13,18-23H,3-7H2,1-2H3/t8-,9-,10+,11+,12?,13?,14?,15?/m1/s1. The highest BCUT2D eigenvalue weighted by atomic mass is 16.4. The quantitative estimate of drug-likeness (QED) is 0.310. The van der Waals surface area contributed by atoms with E-state index in [4.69, 9.17) is 5.11 Å². The Bertz CT molecular complexity index is 425. The predicted octanol–water partition coefficient (Wildman–Crippen LogP) is -3.23. The molecule has 8 nitrogen and oxygen atoms in total. The van der Waals surface area contributed by atoms with Crippen LogP contribution in [0.5, 0.6) is 0 Å². The van der Waals surface area contributed by atoms with Gasteiger partial charge < -0.3 is 30.6 Å². The van der Waals surface area contributed by atoms with Crippen LogP contribution in [0.1, 0.15) is 13.8 Å². The molecular weight excluding hydrogens is 304 g/mol. The van der Waals surface area contributed by atoms with Crippen LogP contribution in [-0.4, -0.2) is 110 Å². The lowest BCUT2D eigenvalue weighted by Crippen LogP contribution is -2.81. The third kappa shape index (κ3) is 2.52. The van der Waals surface area contributed by atoms with Crippen LogP contribution in [0.15, 0.2) is 0 Å². The summed E-state index contributed by atoms with van der Waals surface area (Å²) in [6.07, 6.45) is -6.85. The molecule has 6 N–H and O–H groups in total. The highest BCUT2D eigenvalue weighted by Gasteiger charge is 2.63. The molecule has 0 aromatic heterocycles. The maximum absolute atomic E-state index is 10.6. The monoisotopic (exact) mass is 332 g/mol. The second-order valence-electron chi connectivity index (χ2n) is 8.16. The predicted molar refractivity (Wildman–Crippen MR) is 80.3 cm³/mol. The van der Waals surface area contributed by atoms with Crippen molar-refractivity contribution in [3.63, 3.8) is 0 Å². The summed E-state index contributed by atoms with van der Waals surface area (Å²) in [6.45, 7) is 5.78. The van der Waals surface area contributed by atoms with Crippen LogP contribution < -0.4 is 0 Å². The molecule has 4 aliphatic heterocycles. The number of aliphatic hydroxyl groups is 6. The van der Waals surface area contributed by atoms with E-state index in [2.05, 4.69) is 0 Å². The lowest BCUT2D eigenvalue weighted by Gasteiger charge is -2.68. The number of nitrogens with zero attached hydrogens (tertiary/aromatic N) is 2. The molecule has 0 aromatic carbocycles. The molecule has 4 atom stereocenters. The Kier molecular flexibility index (Phi) is 4.26. The molecule has 4 heterocycles. The number of piperidine rings is 2. The van der Waals surface area contributed by atoms with Gasteiger partial charge in [0.1, 0.15) is 24.4 Å². The average Bonchev–Trinajstić information content (AvgIpc) is 2.48. The van der Waals surface area contributed by atoms with E-state index < -0.39 is 43.3 Å². The summed E-state index contributed by atoms with van der Waals surface area (Å²) in [5.41, 5.74) is -0.564. The van der Waals surface area contributed by atoms with Gasteiger partial charge in [-0.05, 0) is 0 Å². The molecule has 0 unspecified atom stereocenters. The molecule has 0 saturated carbocycles. The van der Waals surface area contributed by atoms with Gasteiger partial charge in [-0.15, -0.1) is 0 Å². The molecule has 0 amide bonds. The topological polar surface area (TPSA) is 128 Å². The van der Waals surface area contributed by atoms with E-state index in [1.807, 2.05) is 23.6 Å². The van der Waals surface area contributed by atoms with Crippen LogP contribution in [-0.2, 0) is 0 Å². The summed E-state index contributed by atoms with van der Waals surface area (Å²) in [6, 6.07) is 0. The van der Waals surface area contributed by atoms with Crippen LogP contribution in [0.3, 0.4) is 0 Å². The molecule has 4 rings (SSSR count). The van der Waals surface area contributed by atoms with Crippen molar-refractivity contribution in [1.29, 1.82) is 0 Å². The first-order valence-corrected chi connectivity index (χ1v) is 8.12. The van der Waals surface area contributed by atoms with Crippen LogP contribution in [0, 0.1) is 10.8 Å². The SMILES string of the molecule is CC12CN3CC(C)(CN(C1)C3[C@@H](O)[C@@H](O)[C@H](O)[C@H](O)CO)C2O. The summed E-state index contributed by atoms with van der Waals surface area (Å²) in [7, 11) is 0. The van der Waals surface area contributed by atoms with Crippen LogP contribution in [0.2, 0.25) is 0 Å². The van der Waals surface area contributed by atoms with Crippen molar-refractivity contribution in [2.75, 3.05) is 32.8 Å². The lowest BCUT2D eigenvalue weighted by atomic mass is 9.60. The smallest absolute Gasteiger partial charge is 0.111 e. The maximum Gasteiger partial charge on any atom is 0.111 e. The molecule has 0 radical (unpaired) electrons. The average molecular weight is 332 g/mol. The van der Waals surface area contributed by atoms with Crippen molar-refractivity contribution < 1.29 is 30.6 Å². The highest BCUT2D eigenvalue weighted by Crippen LogP contribution is 2.51. The third-order valence-corrected chi connectivity index (χ3v) is 5.91. The van der Waals surface area contributed by atoms with Gasteiger partial charge >= 0.3 is 0 Å². The first-order valence-electron chi connectivity index (χ1n) is 8.12. The van der Waals surface area contributed by atoms with E-state index in [1.54, 1.807) is 0 Å². The van der Waals surface area contributed by atoms with E-state index in [9.17, 15) is 25.5 Å². The molecular formula is C15H28N2O6. The molecule has 4 fully saturated rings. The largest absolute Gasteiger partial charge is 0.394 e. The molecule has 0 aromatic rings. The van der Waals surface area contributed by atoms with Gasteiger partial charge in [0.05, 0.1) is 18.9 Å². The molecule has 8 heteroatoms. The fraction of sp³-hybridized carbons (Fsp3) is 1.00. The minimum absolute atomic E-state index is 0.282. The van der Waals surface area contributed by atoms with Crippen molar-refractivity contribution in [1.82, 2.24) is 9.80 Å². The first-order chi connectivity index (χ1) is 10.6. The fourth-order valence-electron chi connectivity index (χ4n) is 5.01. The van der Waals surface area contributed by atoms with Gasteiger partial charge in [-0.25, -0.2) is 0 Å². The van der Waals surface area contributed by atoms with Gasteiger partial charge in [0, 0.05) is 37.0 Å². The summed E-state index contributed by atoms with van der Waals surface area (Å²) >= 11 is 0. The first kappa shape index (κ1) is 17.5. The van der Waals surface area contributed by atoms with Crippen molar-refractivity contribution in [3.8, 4) is 0 Å². The summed E-state index contributed by atoms with van der Waals surface area (Å²) < 4.78 is 0. The normalized spacial score (nSPS) is 50.6. The highest BCUT2D eigenvalue weighted by molar-refractivity contribution is 5.14. The molecule has 0 spiro atoms. The van der Waals surface area contributed by atoms with Gasteiger partial charge in [0.2, 0.25) is 0 Å². The Morgan fingerprint density at radius 1 is 0.913 bits per heavy atom. The van der Waals surface area contributed by atoms with Crippen molar-refractivity contribution in [2.45, 2.75) is 50.5 Å². The second-order valence-corrected chi connectivity index (χ2v) is 8.16. The van der Waals surface area contributed by atoms with Crippen molar-refractivity contribution in [3.05, 3.63) is 0 Å². The molecule has 4 bridgehead atoms. The minimum Gasteiger partial charge on any atom is -0.394 e. The summed E-state index contributed by atoms with van der Waals surface area (Å²) in [5, 5.41) is 59.6. The summed E-state index contributed by atoms with van der Waals surface area (Å²) in [5.74, 6) is 0. The molecule has 0 aliphatic carbocycles. The zero-order valence-electron chi connectivity index (χ0n) is 13.6. The number of rotatable bonds is 5. The zero-order chi connectivity index (χ0) is 17.2. The van der Waals surface area contributed by atoms with Gasteiger partial charge in [0.15, 0.2) is 0 Å². The van der Waals surface area contributed by atoms with E-state index in [0.29, 0.717) is 26.2 Å². The molecule has 23 heavy (non-hydrogen) atoms. The third-order valence-electron chi connectivity index (χ3n) is 5.91. The van der Waals surface area contributed by atoms with E-state index in [1.165, 1.54) is 0 Å². The minimum atomic E-state index is -1.62. The lowest BCUT2D eigenvalue weighted by molar-refractivity contribution is -0.277. The Balaban J connectivity index is 1.78. The molecule has 4 aliphatic rings. The van der Waals surface area contributed by atoms with E-state index >= 15 is 0 Å². The molecule has 4 saturated heterocycles. The van der Waals surface area contributed by atoms with Gasteiger partial charge in [-0.2, -0.15) is 0 Å². The summed E-state index contributed by atoms with van der Waals surface area (Å²) in [4.78, 5) is 4.07.